The van der Waals surface area contributed by atoms with Crippen LogP contribution in [0.3, 0.4) is 0 Å². The van der Waals surface area contributed by atoms with Gasteiger partial charge in [0.15, 0.2) is 0 Å². The van der Waals surface area contributed by atoms with Gasteiger partial charge in [0.25, 0.3) is 0 Å². The summed E-state index contributed by atoms with van der Waals surface area (Å²) in [6, 6.07) is 7.24. The van der Waals surface area contributed by atoms with E-state index in [1.165, 1.54) is 12.8 Å². The molecule has 1 aromatic heterocycles. The normalized spacial score (nSPS) is 18.2. The van der Waals surface area contributed by atoms with Gasteiger partial charge in [-0.3, -0.25) is 0 Å². The first-order chi connectivity index (χ1) is 15.6. The molecule has 8 heteroatoms. The number of aromatic hydroxyl groups is 1. The molecular weight excluding hydrogens is 408 g/mol. The molecule has 0 radical (unpaired) electrons. The minimum Gasteiger partial charge on any atom is -0.507 e. The fourth-order valence-corrected chi connectivity index (χ4v) is 4.15. The number of carbonyl (C=O) groups is 1. The van der Waals surface area contributed by atoms with E-state index in [1.807, 2.05) is 12.1 Å². The maximum Gasteiger partial charge on any atom is 0.407 e. The molecule has 32 heavy (non-hydrogen) atoms. The lowest BCUT2D eigenvalue weighted by Crippen LogP contribution is -2.30. The number of nitrogens with zero attached hydrogens (tertiary/aromatic N) is 1. The Hall–Kier alpha value is -3.00. The number of anilines is 1. The molecule has 2 heterocycles. The third-order valence-electron chi connectivity index (χ3n) is 6.04. The number of benzene rings is 1. The molecule has 5 N–H and O–H groups in total. The highest BCUT2D eigenvalue weighted by atomic mass is 16.5. The summed E-state index contributed by atoms with van der Waals surface area (Å²) in [6.45, 7) is 4.73. The van der Waals surface area contributed by atoms with Gasteiger partial charge in [-0.2, -0.15) is 0 Å². The molecule has 2 fully saturated rings. The molecule has 2 aromatic rings. The average molecular weight is 441 g/mol. The van der Waals surface area contributed by atoms with Gasteiger partial charge in [0, 0.05) is 12.1 Å². The molecule has 0 bridgehead atoms. The van der Waals surface area contributed by atoms with E-state index in [0.29, 0.717) is 42.0 Å². The van der Waals surface area contributed by atoms with Crippen molar-refractivity contribution in [2.45, 2.75) is 45.1 Å². The zero-order valence-electron chi connectivity index (χ0n) is 18.5. The monoisotopic (exact) mass is 440 g/mol. The molecule has 1 saturated heterocycles. The number of ether oxygens (including phenoxy) is 2. The summed E-state index contributed by atoms with van der Waals surface area (Å²) in [4.78, 5) is 16.5. The van der Waals surface area contributed by atoms with Crippen LogP contribution < -0.4 is 21.1 Å². The van der Waals surface area contributed by atoms with Crippen molar-refractivity contribution >= 4 is 11.9 Å². The number of aromatic nitrogens is 1. The Morgan fingerprint density at radius 2 is 2.19 bits per heavy atom. The van der Waals surface area contributed by atoms with Gasteiger partial charge in [0.05, 0.1) is 31.0 Å². The lowest BCUT2D eigenvalue weighted by Gasteiger charge is -2.27. The van der Waals surface area contributed by atoms with Gasteiger partial charge in [-0.1, -0.05) is 6.07 Å². The molecule has 1 aliphatic heterocycles. The van der Waals surface area contributed by atoms with Crippen LogP contribution in [0.15, 0.2) is 24.3 Å². The van der Waals surface area contributed by atoms with Crippen molar-refractivity contribution in [3.8, 4) is 22.8 Å². The van der Waals surface area contributed by atoms with E-state index < -0.39 is 6.09 Å². The van der Waals surface area contributed by atoms with E-state index in [2.05, 4.69) is 15.6 Å². The Kier molecular flexibility index (Phi) is 6.99. The number of pyridine rings is 1. The van der Waals surface area contributed by atoms with Crippen molar-refractivity contribution in [2.75, 3.05) is 32.0 Å². The van der Waals surface area contributed by atoms with Crippen molar-refractivity contribution in [2.24, 2.45) is 5.92 Å². The summed E-state index contributed by atoms with van der Waals surface area (Å²) in [5, 5.41) is 16.9. The highest BCUT2D eigenvalue weighted by molar-refractivity contribution is 5.76. The first kappa shape index (κ1) is 22.2. The summed E-state index contributed by atoms with van der Waals surface area (Å²) in [5.74, 6) is 1.86. The van der Waals surface area contributed by atoms with E-state index in [4.69, 9.17) is 15.2 Å². The Morgan fingerprint density at radius 1 is 1.34 bits per heavy atom. The number of phenolic OH excluding ortho intramolecular Hbond substituents is 1. The Balaban J connectivity index is 1.70. The van der Waals surface area contributed by atoms with Crippen molar-refractivity contribution in [1.82, 2.24) is 15.6 Å². The van der Waals surface area contributed by atoms with Gasteiger partial charge >= 0.3 is 6.09 Å². The minimum absolute atomic E-state index is 0.107. The van der Waals surface area contributed by atoms with Gasteiger partial charge in [0.1, 0.15) is 17.3 Å². The third kappa shape index (κ3) is 5.24. The second kappa shape index (κ2) is 10.1. The number of rotatable bonds is 8. The molecule has 1 saturated carbocycles. The maximum atomic E-state index is 11.9. The summed E-state index contributed by atoms with van der Waals surface area (Å²) in [5.41, 5.74) is 9.34. The van der Waals surface area contributed by atoms with Crippen LogP contribution in [0.1, 0.15) is 49.7 Å². The number of phenols is 1. The quantitative estimate of drug-likeness (QED) is 0.496. The van der Waals surface area contributed by atoms with Gasteiger partial charge < -0.3 is 30.9 Å². The first-order valence-electron chi connectivity index (χ1n) is 11.4. The van der Waals surface area contributed by atoms with Crippen LogP contribution in [0, 0.1) is 5.92 Å². The highest BCUT2D eigenvalue weighted by Crippen LogP contribution is 2.41. The van der Waals surface area contributed by atoms with Crippen LogP contribution >= 0.6 is 0 Å². The van der Waals surface area contributed by atoms with Crippen LogP contribution in [-0.4, -0.2) is 42.5 Å². The van der Waals surface area contributed by atoms with Gasteiger partial charge in [-0.05, 0) is 74.8 Å². The second-order valence-electron chi connectivity index (χ2n) is 8.48. The smallest absolute Gasteiger partial charge is 0.407 e. The highest BCUT2D eigenvalue weighted by Gasteiger charge is 2.26. The molecule has 1 atom stereocenters. The summed E-state index contributed by atoms with van der Waals surface area (Å²) in [6.07, 6.45) is 3.94. The number of nitrogens with two attached hydrogens (primary N) is 1. The molecule has 2 aliphatic rings. The molecule has 8 nitrogen and oxygen atoms in total. The SMILES string of the molecule is CCOC(=O)NCc1c(C2CCCNC2)cc(-c2c(O)cccc2OCC2CC2)nc1N. The Morgan fingerprint density at radius 3 is 2.91 bits per heavy atom. The third-order valence-corrected chi connectivity index (χ3v) is 6.04. The molecule has 1 amide bonds. The molecular formula is C24H32N4O4. The summed E-state index contributed by atoms with van der Waals surface area (Å²) >= 11 is 0. The van der Waals surface area contributed by atoms with Crippen LogP contribution in [0.5, 0.6) is 11.5 Å². The Bertz CT molecular complexity index is 955. The lowest BCUT2D eigenvalue weighted by atomic mass is 9.87. The van der Waals surface area contributed by atoms with Crippen molar-refractivity contribution < 1.29 is 19.4 Å². The second-order valence-corrected chi connectivity index (χ2v) is 8.48. The Labute approximate surface area is 188 Å². The number of amides is 1. The molecule has 172 valence electrons. The average Bonchev–Trinajstić information content (AvgIpc) is 3.62. The number of carbonyl (C=O) groups excluding carboxylic acids is 1. The van der Waals surface area contributed by atoms with E-state index in [9.17, 15) is 9.90 Å². The molecule has 4 rings (SSSR count). The van der Waals surface area contributed by atoms with Crippen LogP contribution in [-0.2, 0) is 11.3 Å². The van der Waals surface area contributed by atoms with Gasteiger partial charge in [0.2, 0.25) is 0 Å². The van der Waals surface area contributed by atoms with Crippen molar-refractivity contribution in [1.29, 1.82) is 0 Å². The number of hydrogen-bond donors (Lipinski definition) is 4. The van der Waals surface area contributed by atoms with Crippen molar-refractivity contribution in [3.05, 3.63) is 35.4 Å². The number of hydrogen-bond acceptors (Lipinski definition) is 7. The predicted molar refractivity (Wildman–Crippen MR) is 123 cm³/mol. The minimum atomic E-state index is -0.486. The topological polar surface area (TPSA) is 119 Å². The number of piperidine rings is 1. The molecule has 1 unspecified atom stereocenters. The van der Waals surface area contributed by atoms with E-state index in [0.717, 1.165) is 37.1 Å². The zero-order chi connectivity index (χ0) is 22.5. The number of nitrogens with one attached hydrogen (secondary N) is 2. The summed E-state index contributed by atoms with van der Waals surface area (Å²) in [7, 11) is 0. The number of nitrogen functional groups attached to an aromatic ring is 1. The van der Waals surface area contributed by atoms with Gasteiger partial charge in [-0.15, -0.1) is 0 Å². The molecule has 0 spiro atoms. The van der Waals surface area contributed by atoms with E-state index >= 15 is 0 Å². The molecule has 1 aromatic carbocycles. The summed E-state index contributed by atoms with van der Waals surface area (Å²) < 4.78 is 11.0. The first-order valence-corrected chi connectivity index (χ1v) is 11.4. The number of alkyl carbamates (subject to hydrolysis) is 1. The van der Waals surface area contributed by atoms with Crippen molar-refractivity contribution in [3.63, 3.8) is 0 Å². The van der Waals surface area contributed by atoms with Crippen LogP contribution in [0.2, 0.25) is 0 Å². The van der Waals surface area contributed by atoms with Crippen LogP contribution in [0.25, 0.3) is 11.3 Å². The van der Waals surface area contributed by atoms with Gasteiger partial charge in [-0.25, -0.2) is 9.78 Å². The lowest BCUT2D eigenvalue weighted by molar-refractivity contribution is 0.151. The standard InChI is InChI=1S/C24H32N4O4/c1-2-31-24(30)27-13-18-17(16-5-4-10-26-12-16)11-19(28-23(18)25)22-20(29)6-3-7-21(22)32-14-15-8-9-15/h3,6-7,11,15-16,26,29H,2,4-5,8-10,12-14H2,1H3,(H2,25,28)(H,27,30). The maximum absolute atomic E-state index is 11.9. The molecule has 1 aliphatic carbocycles. The fourth-order valence-electron chi connectivity index (χ4n) is 4.15. The zero-order valence-corrected chi connectivity index (χ0v) is 18.5. The largest absolute Gasteiger partial charge is 0.507 e. The van der Waals surface area contributed by atoms with E-state index in [-0.39, 0.29) is 18.2 Å². The van der Waals surface area contributed by atoms with E-state index in [1.54, 1.807) is 19.1 Å². The predicted octanol–water partition coefficient (Wildman–Crippen LogP) is 3.54. The fraction of sp³-hybridized carbons (Fsp3) is 0.500. The van der Waals surface area contributed by atoms with Crippen LogP contribution in [0.4, 0.5) is 10.6 Å².